The molecule has 0 fully saturated rings. The van der Waals surface area contributed by atoms with Crippen molar-refractivity contribution in [3.8, 4) is 6.07 Å². The summed E-state index contributed by atoms with van der Waals surface area (Å²) >= 11 is 0. The maximum absolute atomic E-state index is 8.76. The van der Waals surface area contributed by atoms with Gasteiger partial charge in [0.1, 0.15) is 6.07 Å². The van der Waals surface area contributed by atoms with Gasteiger partial charge in [0.15, 0.2) is 0 Å². The Morgan fingerprint density at radius 1 is 1.25 bits per heavy atom. The van der Waals surface area contributed by atoms with E-state index in [1.54, 1.807) is 0 Å². The highest BCUT2D eigenvalue weighted by atomic mass is 15.6. The average Bonchev–Trinajstić information content (AvgIpc) is 2.55. The van der Waals surface area contributed by atoms with Crippen molar-refractivity contribution in [2.24, 2.45) is 20.7 Å². The van der Waals surface area contributed by atoms with Gasteiger partial charge < -0.3 is 0 Å². The minimum absolute atomic E-state index is 0.629. The van der Waals surface area contributed by atoms with E-state index < -0.39 is 5.66 Å². The molecule has 0 N–H and O–H groups in total. The molecule has 1 heterocycles. The number of nitriles is 1. The van der Waals surface area contributed by atoms with Crippen molar-refractivity contribution in [2.45, 2.75) is 38.3 Å². The monoisotopic (exact) mass is 165 g/mol. The molecule has 5 nitrogen and oxygen atoms in total. The molecule has 0 amide bonds. The number of nitrogens with zero attached hydrogens (tertiary/aromatic N) is 5. The van der Waals surface area contributed by atoms with Crippen LogP contribution in [0.5, 0.6) is 0 Å². The molecule has 12 heavy (non-hydrogen) atoms. The molecular formula is C7H11N5. The smallest absolute Gasteiger partial charge is 0.193 e. The van der Waals surface area contributed by atoms with E-state index in [9.17, 15) is 0 Å². The van der Waals surface area contributed by atoms with Gasteiger partial charge in [0.2, 0.25) is 0 Å². The van der Waals surface area contributed by atoms with Gasteiger partial charge in [0.25, 0.3) is 5.66 Å². The highest BCUT2D eigenvalue weighted by Gasteiger charge is 2.31. The Morgan fingerprint density at radius 2 is 1.92 bits per heavy atom. The summed E-state index contributed by atoms with van der Waals surface area (Å²) < 4.78 is 0. The summed E-state index contributed by atoms with van der Waals surface area (Å²) in [6.45, 7) is 2.11. The van der Waals surface area contributed by atoms with Crippen molar-refractivity contribution < 1.29 is 0 Å². The second-order valence-corrected chi connectivity index (χ2v) is 2.76. The standard InChI is InChI=1S/C7H11N5/c1-2-3-4-5-7(6-8)9-11-12-10-7/h2-5H2,1H3. The Balaban J connectivity index is 2.43. The molecule has 0 atom stereocenters. The first-order chi connectivity index (χ1) is 5.83. The van der Waals surface area contributed by atoms with Gasteiger partial charge in [-0.25, -0.2) is 0 Å². The summed E-state index contributed by atoms with van der Waals surface area (Å²) in [6.07, 6.45) is 3.79. The van der Waals surface area contributed by atoms with Crippen molar-refractivity contribution in [1.82, 2.24) is 0 Å². The van der Waals surface area contributed by atoms with Gasteiger partial charge in [-0.05, 0) is 16.9 Å². The van der Waals surface area contributed by atoms with Gasteiger partial charge in [-0.2, -0.15) is 5.26 Å². The molecular weight excluding hydrogens is 154 g/mol. The van der Waals surface area contributed by atoms with E-state index >= 15 is 0 Å². The third kappa shape index (κ3) is 1.84. The van der Waals surface area contributed by atoms with Gasteiger partial charge in [-0.1, -0.05) is 19.8 Å². The Morgan fingerprint density at radius 3 is 2.42 bits per heavy atom. The van der Waals surface area contributed by atoms with Crippen LogP contribution in [0, 0.1) is 11.3 Å². The van der Waals surface area contributed by atoms with Crippen LogP contribution in [0.1, 0.15) is 32.6 Å². The first-order valence-corrected chi connectivity index (χ1v) is 4.08. The zero-order valence-electron chi connectivity index (χ0n) is 7.06. The van der Waals surface area contributed by atoms with Crippen molar-refractivity contribution in [3.05, 3.63) is 0 Å². The van der Waals surface area contributed by atoms with Crippen LogP contribution < -0.4 is 0 Å². The predicted molar refractivity (Wildman–Crippen MR) is 42.2 cm³/mol. The zero-order valence-corrected chi connectivity index (χ0v) is 7.06. The maximum Gasteiger partial charge on any atom is 0.279 e. The Labute approximate surface area is 71.2 Å². The fraction of sp³-hybridized carbons (Fsp3) is 0.857. The van der Waals surface area contributed by atoms with Gasteiger partial charge in [-0.3, -0.25) is 0 Å². The Kier molecular flexibility index (Phi) is 2.86. The van der Waals surface area contributed by atoms with E-state index in [4.69, 9.17) is 5.26 Å². The molecule has 0 aliphatic carbocycles. The zero-order chi connectivity index (χ0) is 8.86. The van der Waals surface area contributed by atoms with E-state index in [1.165, 1.54) is 0 Å². The molecule has 64 valence electrons. The summed E-state index contributed by atoms with van der Waals surface area (Å²) in [5, 5.41) is 22.8. The van der Waals surface area contributed by atoms with Crippen molar-refractivity contribution >= 4 is 0 Å². The normalized spacial score (nSPS) is 18.0. The fourth-order valence-corrected chi connectivity index (χ4v) is 1.03. The minimum Gasteiger partial charge on any atom is -0.193 e. The molecule has 0 saturated carbocycles. The topological polar surface area (TPSA) is 73.2 Å². The number of hydrogen-bond acceptors (Lipinski definition) is 5. The SMILES string of the molecule is CCCCCC1(C#N)N=NN=N1. The highest BCUT2D eigenvalue weighted by Crippen LogP contribution is 2.25. The highest BCUT2D eigenvalue weighted by molar-refractivity contribution is 5.04. The maximum atomic E-state index is 8.76. The molecule has 0 aromatic rings. The lowest BCUT2D eigenvalue weighted by atomic mass is 10.1. The molecule has 1 rings (SSSR count). The minimum atomic E-state index is -0.991. The molecule has 0 radical (unpaired) electrons. The lowest BCUT2D eigenvalue weighted by Crippen LogP contribution is -2.17. The number of unbranched alkanes of at least 4 members (excludes halogenated alkanes) is 2. The summed E-state index contributed by atoms with van der Waals surface area (Å²) in [7, 11) is 0. The summed E-state index contributed by atoms with van der Waals surface area (Å²) in [5.41, 5.74) is -0.991. The second kappa shape index (κ2) is 3.90. The second-order valence-electron chi connectivity index (χ2n) is 2.76. The molecule has 5 heteroatoms. The lowest BCUT2D eigenvalue weighted by molar-refractivity contribution is 0.484. The third-order valence-electron chi connectivity index (χ3n) is 1.77. The van der Waals surface area contributed by atoms with Crippen LogP contribution in [0.25, 0.3) is 0 Å². The van der Waals surface area contributed by atoms with Gasteiger partial charge >= 0.3 is 0 Å². The predicted octanol–water partition coefficient (Wildman–Crippen LogP) is 2.62. The van der Waals surface area contributed by atoms with Crippen molar-refractivity contribution in [1.29, 1.82) is 5.26 Å². The largest absolute Gasteiger partial charge is 0.279 e. The van der Waals surface area contributed by atoms with Crippen LogP contribution in [-0.4, -0.2) is 5.66 Å². The number of hydrogen-bond donors (Lipinski definition) is 0. The number of rotatable bonds is 4. The van der Waals surface area contributed by atoms with Crippen LogP contribution in [0.4, 0.5) is 0 Å². The first kappa shape index (κ1) is 8.78. The van der Waals surface area contributed by atoms with Crippen LogP contribution in [0.2, 0.25) is 0 Å². The van der Waals surface area contributed by atoms with Gasteiger partial charge in [0, 0.05) is 6.42 Å². The first-order valence-electron chi connectivity index (χ1n) is 4.08. The van der Waals surface area contributed by atoms with Crippen LogP contribution >= 0.6 is 0 Å². The van der Waals surface area contributed by atoms with Crippen LogP contribution in [0.15, 0.2) is 20.7 Å². The molecule has 0 aromatic carbocycles. The van der Waals surface area contributed by atoms with Crippen LogP contribution in [0.3, 0.4) is 0 Å². The van der Waals surface area contributed by atoms with Crippen molar-refractivity contribution in [2.75, 3.05) is 0 Å². The summed E-state index contributed by atoms with van der Waals surface area (Å²) in [4.78, 5) is 0. The lowest BCUT2D eigenvalue weighted by Gasteiger charge is -2.08. The fourth-order valence-electron chi connectivity index (χ4n) is 1.03. The molecule has 0 aromatic heterocycles. The van der Waals surface area contributed by atoms with Crippen molar-refractivity contribution in [3.63, 3.8) is 0 Å². The van der Waals surface area contributed by atoms with E-state index in [-0.39, 0.29) is 0 Å². The Bertz CT molecular complexity index is 225. The molecule has 0 spiro atoms. The molecule has 0 bridgehead atoms. The summed E-state index contributed by atoms with van der Waals surface area (Å²) in [5.74, 6) is 0. The quantitative estimate of drug-likeness (QED) is 0.590. The molecule has 0 saturated heterocycles. The van der Waals surface area contributed by atoms with E-state index in [0.717, 1.165) is 19.3 Å². The third-order valence-corrected chi connectivity index (χ3v) is 1.77. The van der Waals surface area contributed by atoms with Gasteiger partial charge in [-0.15, -0.1) is 10.2 Å². The average molecular weight is 165 g/mol. The summed E-state index contributed by atoms with van der Waals surface area (Å²) in [6, 6.07) is 2.02. The Hall–Kier alpha value is -1.31. The van der Waals surface area contributed by atoms with Crippen LogP contribution in [-0.2, 0) is 0 Å². The van der Waals surface area contributed by atoms with E-state index in [1.807, 2.05) is 6.07 Å². The van der Waals surface area contributed by atoms with E-state index in [2.05, 4.69) is 27.6 Å². The molecule has 1 aliphatic rings. The molecule has 0 unspecified atom stereocenters. The van der Waals surface area contributed by atoms with E-state index in [0.29, 0.717) is 6.42 Å². The van der Waals surface area contributed by atoms with Gasteiger partial charge in [0.05, 0.1) is 0 Å². The molecule has 1 aliphatic heterocycles.